The second-order valence-electron chi connectivity index (χ2n) is 9.20. The fourth-order valence-electron chi connectivity index (χ4n) is 4.53. The maximum atomic E-state index is 14.6. The van der Waals surface area contributed by atoms with Gasteiger partial charge in [0.2, 0.25) is 5.75 Å². The van der Waals surface area contributed by atoms with Crippen molar-refractivity contribution in [3.63, 3.8) is 0 Å². The highest BCUT2D eigenvalue weighted by Gasteiger charge is 2.37. The standard InChI is InChI=1S/C26H28F8O3/c1-2-3-4-5-16-6-8-17(9-7-16)18-10-11-23(20(27)12-18)35-15-25(30,31)36-19-13-21(28)24(22(29)14-19)37-26(32,33)34/h10-14,16-17H,2-9,15H2,1H3. The lowest BCUT2D eigenvalue weighted by atomic mass is 9.77. The number of hydrogen-bond acceptors (Lipinski definition) is 3. The van der Waals surface area contributed by atoms with Gasteiger partial charge in [0.25, 0.3) is 0 Å². The molecule has 206 valence electrons. The monoisotopic (exact) mass is 540 g/mol. The minimum atomic E-state index is -5.39. The van der Waals surface area contributed by atoms with Crippen molar-refractivity contribution in [2.24, 2.45) is 5.92 Å². The van der Waals surface area contributed by atoms with Crippen molar-refractivity contribution in [3.8, 4) is 17.2 Å². The third-order valence-corrected chi connectivity index (χ3v) is 6.34. The lowest BCUT2D eigenvalue weighted by molar-refractivity contribution is -0.276. The molecule has 11 heteroatoms. The fourth-order valence-corrected chi connectivity index (χ4v) is 4.53. The van der Waals surface area contributed by atoms with Gasteiger partial charge in [-0.05, 0) is 55.2 Å². The molecule has 3 rings (SSSR count). The molecule has 0 amide bonds. The van der Waals surface area contributed by atoms with Crippen molar-refractivity contribution in [3.05, 3.63) is 53.3 Å². The summed E-state index contributed by atoms with van der Waals surface area (Å²) in [4.78, 5) is 0. The molecule has 2 aromatic carbocycles. The molecule has 1 aliphatic rings. The molecule has 2 aromatic rings. The van der Waals surface area contributed by atoms with Crippen LogP contribution in [0.25, 0.3) is 0 Å². The Hall–Kier alpha value is -2.72. The summed E-state index contributed by atoms with van der Waals surface area (Å²) < 4.78 is 119. The van der Waals surface area contributed by atoms with E-state index in [-0.39, 0.29) is 18.1 Å². The van der Waals surface area contributed by atoms with E-state index in [0.29, 0.717) is 5.92 Å². The highest BCUT2D eigenvalue weighted by atomic mass is 19.4. The Morgan fingerprint density at radius 3 is 2.03 bits per heavy atom. The van der Waals surface area contributed by atoms with Crippen molar-refractivity contribution in [1.82, 2.24) is 0 Å². The number of unbranched alkanes of at least 4 members (excludes halogenated alkanes) is 2. The molecule has 0 unspecified atom stereocenters. The van der Waals surface area contributed by atoms with Crippen LogP contribution in [0.3, 0.4) is 0 Å². The Morgan fingerprint density at radius 2 is 1.46 bits per heavy atom. The second-order valence-corrected chi connectivity index (χ2v) is 9.20. The summed E-state index contributed by atoms with van der Waals surface area (Å²) in [7, 11) is 0. The summed E-state index contributed by atoms with van der Waals surface area (Å²) in [5.74, 6) is -7.19. The molecule has 0 aliphatic heterocycles. The van der Waals surface area contributed by atoms with Gasteiger partial charge in [0, 0.05) is 12.1 Å². The molecule has 0 spiro atoms. The number of rotatable bonds is 11. The highest BCUT2D eigenvalue weighted by molar-refractivity contribution is 5.35. The number of halogens is 8. The van der Waals surface area contributed by atoms with Crippen LogP contribution in [-0.4, -0.2) is 19.1 Å². The summed E-state index contributed by atoms with van der Waals surface area (Å²) >= 11 is 0. The van der Waals surface area contributed by atoms with E-state index in [1.807, 2.05) is 0 Å². The van der Waals surface area contributed by atoms with Gasteiger partial charge in [0.15, 0.2) is 29.8 Å². The van der Waals surface area contributed by atoms with Gasteiger partial charge in [-0.2, -0.15) is 8.78 Å². The van der Waals surface area contributed by atoms with Crippen molar-refractivity contribution < 1.29 is 49.3 Å². The molecule has 0 atom stereocenters. The van der Waals surface area contributed by atoms with Gasteiger partial charge in [0.1, 0.15) is 5.75 Å². The summed E-state index contributed by atoms with van der Waals surface area (Å²) in [6.45, 7) is 0.643. The topological polar surface area (TPSA) is 27.7 Å². The molecule has 0 bridgehead atoms. The zero-order valence-electron chi connectivity index (χ0n) is 20.2. The molecule has 0 aromatic heterocycles. The first kappa shape index (κ1) is 28.8. The van der Waals surface area contributed by atoms with Crippen molar-refractivity contribution >= 4 is 0 Å². The molecule has 1 saturated carbocycles. The number of benzene rings is 2. The van der Waals surface area contributed by atoms with Gasteiger partial charge in [-0.25, -0.2) is 13.2 Å². The first-order valence-electron chi connectivity index (χ1n) is 12.1. The van der Waals surface area contributed by atoms with E-state index in [1.165, 1.54) is 37.8 Å². The third-order valence-electron chi connectivity index (χ3n) is 6.34. The quantitative estimate of drug-likeness (QED) is 0.210. The summed E-state index contributed by atoms with van der Waals surface area (Å²) in [6.07, 6.45) is -0.832. The van der Waals surface area contributed by atoms with E-state index in [9.17, 15) is 35.1 Å². The molecular formula is C26H28F8O3. The largest absolute Gasteiger partial charge is 0.573 e. The van der Waals surface area contributed by atoms with E-state index in [0.717, 1.165) is 31.2 Å². The number of ether oxygens (including phenoxy) is 3. The minimum absolute atomic E-state index is 0.103. The predicted molar refractivity (Wildman–Crippen MR) is 119 cm³/mol. The van der Waals surface area contributed by atoms with E-state index in [4.69, 9.17) is 4.74 Å². The second kappa shape index (κ2) is 12.2. The van der Waals surface area contributed by atoms with Gasteiger partial charge in [-0.3, -0.25) is 0 Å². The molecule has 1 fully saturated rings. The smallest absolute Gasteiger partial charge is 0.480 e. The lowest BCUT2D eigenvalue weighted by Gasteiger charge is -2.29. The SMILES string of the molecule is CCCCCC1CCC(c2ccc(OCC(F)(F)Oc3cc(F)c(OC(F)(F)F)c(F)c3)c(F)c2)CC1. The Labute approximate surface area is 209 Å². The van der Waals surface area contributed by atoms with Gasteiger partial charge < -0.3 is 14.2 Å². The van der Waals surface area contributed by atoms with Crippen LogP contribution in [-0.2, 0) is 0 Å². The summed E-state index contributed by atoms with van der Waals surface area (Å²) in [5, 5.41) is 0. The Morgan fingerprint density at radius 1 is 0.811 bits per heavy atom. The van der Waals surface area contributed by atoms with Crippen molar-refractivity contribution in [2.45, 2.75) is 76.7 Å². The third kappa shape index (κ3) is 8.67. The van der Waals surface area contributed by atoms with E-state index >= 15 is 0 Å². The molecule has 0 N–H and O–H groups in total. The maximum absolute atomic E-state index is 14.6. The van der Waals surface area contributed by atoms with E-state index < -0.39 is 53.8 Å². The molecule has 3 nitrogen and oxygen atoms in total. The molecule has 0 radical (unpaired) electrons. The van der Waals surface area contributed by atoms with Crippen LogP contribution in [0.5, 0.6) is 17.2 Å². The maximum Gasteiger partial charge on any atom is 0.573 e. The summed E-state index contributed by atoms with van der Waals surface area (Å²) in [5.41, 5.74) is 0.756. The van der Waals surface area contributed by atoms with Gasteiger partial charge in [-0.15, -0.1) is 13.2 Å². The average molecular weight is 540 g/mol. The lowest BCUT2D eigenvalue weighted by Crippen LogP contribution is -2.32. The number of alkyl halides is 5. The van der Waals surface area contributed by atoms with Gasteiger partial charge in [-0.1, -0.05) is 38.7 Å². The van der Waals surface area contributed by atoms with E-state index in [1.54, 1.807) is 6.07 Å². The highest BCUT2D eigenvalue weighted by Crippen LogP contribution is 2.39. The average Bonchev–Trinajstić information content (AvgIpc) is 2.80. The Balaban J connectivity index is 1.56. The first-order chi connectivity index (χ1) is 17.4. The normalized spacial score (nSPS) is 18.5. The predicted octanol–water partition coefficient (Wildman–Crippen LogP) is 8.91. The van der Waals surface area contributed by atoms with Gasteiger partial charge in [0.05, 0.1) is 0 Å². The molecule has 1 aliphatic carbocycles. The molecule has 37 heavy (non-hydrogen) atoms. The zero-order chi connectivity index (χ0) is 27.2. The van der Waals surface area contributed by atoms with Crippen LogP contribution in [0.1, 0.15) is 69.8 Å². The van der Waals surface area contributed by atoms with Crippen molar-refractivity contribution in [2.75, 3.05) is 6.61 Å². The minimum Gasteiger partial charge on any atom is -0.480 e. The summed E-state index contributed by atoms with van der Waals surface area (Å²) in [6, 6.07) is 4.30. The van der Waals surface area contributed by atoms with Crippen LogP contribution in [0.4, 0.5) is 35.1 Å². The molecule has 0 heterocycles. The molecule has 0 saturated heterocycles. The van der Waals surface area contributed by atoms with Crippen molar-refractivity contribution in [1.29, 1.82) is 0 Å². The van der Waals surface area contributed by atoms with Crippen LogP contribution in [0.2, 0.25) is 0 Å². The number of hydrogen-bond donors (Lipinski definition) is 0. The van der Waals surface area contributed by atoms with Crippen LogP contribution in [0.15, 0.2) is 30.3 Å². The molecular weight excluding hydrogens is 512 g/mol. The Bertz CT molecular complexity index is 1010. The zero-order valence-corrected chi connectivity index (χ0v) is 20.2. The fraction of sp³-hybridized carbons (Fsp3) is 0.538. The van der Waals surface area contributed by atoms with Crippen LogP contribution in [0, 0.1) is 23.4 Å². The van der Waals surface area contributed by atoms with Gasteiger partial charge >= 0.3 is 12.5 Å². The first-order valence-corrected chi connectivity index (χ1v) is 12.1. The van der Waals surface area contributed by atoms with Crippen LogP contribution >= 0.6 is 0 Å². The Kier molecular flexibility index (Phi) is 9.52. The van der Waals surface area contributed by atoms with E-state index in [2.05, 4.69) is 16.4 Å². The van der Waals surface area contributed by atoms with Crippen LogP contribution < -0.4 is 14.2 Å².